The molecule has 5 rings (SSSR count). The average Bonchev–Trinajstić information content (AvgIpc) is 3.31. The summed E-state index contributed by atoms with van der Waals surface area (Å²) in [5, 5.41) is 14.9. The molecular formula is C28H26F2N2O4. The van der Waals surface area contributed by atoms with Gasteiger partial charge in [-0.25, -0.2) is 8.78 Å². The third kappa shape index (κ3) is 4.82. The predicted molar refractivity (Wildman–Crippen MR) is 132 cm³/mol. The number of methoxy groups -OCH3 is 1. The van der Waals surface area contributed by atoms with E-state index in [-0.39, 0.29) is 17.9 Å². The fraction of sp³-hybridized carbons (Fsp3) is 0.250. The van der Waals surface area contributed by atoms with E-state index in [2.05, 4.69) is 5.32 Å². The SMILES string of the molecule is COc1cccc(NC(=O)c2cc3cc(C4(O)CCN(Cc5c(F)cccc5F)CC4)ccc3o2)c1. The van der Waals surface area contributed by atoms with Crippen LogP contribution >= 0.6 is 0 Å². The molecule has 0 aliphatic carbocycles. The molecule has 1 amide bonds. The molecule has 0 saturated carbocycles. The van der Waals surface area contributed by atoms with E-state index < -0.39 is 23.1 Å². The number of nitrogens with one attached hydrogen (secondary N) is 1. The zero-order valence-electron chi connectivity index (χ0n) is 19.8. The van der Waals surface area contributed by atoms with Gasteiger partial charge in [-0.3, -0.25) is 9.69 Å². The number of amides is 1. The molecule has 1 aliphatic rings. The fourth-order valence-corrected chi connectivity index (χ4v) is 4.61. The van der Waals surface area contributed by atoms with Gasteiger partial charge in [0.15, 0.2) is 5.76 Å². The average molecular weight is 493 g/mol. The number of rotatable bonds is 6. The molecule has 1 saturated heterocycles. The number of halogens is 2. The number of ether oxygens (including phenoxy) is 1. The van der Waals surface area contributed by atoms with Gasteiger partial charge in [0.25, 0.3) is 5.91 Å². The molecule has 0 spiro atoms. The lowest BCUT2D eigenvalue weighted by molar-refractivity contribution is -0.0280. The van der Waals surface area contributed by atoms with Crippen molar-refractivity contribution < 1.29 is 27.8 Å². The molecule has 2 heterocycles. The zero-order valence-corrected chi connectivity index (χ0v) is 19.8. The van der Waals surface area contributed by atoms with Gasteiger partial charge in [-0.15, -0.1) is 0 Å². The van der Waals surface area contributed by atoms with Gasteiger partial charge < -0.3 is 19.6 Å². The van der Waals surface area contributed by atoms with Crippen LogP contribution in [0.1, 0.15) is 34.5 Å². The van der Waals surface area contributed by atoms with Crippen molar-refractivity contribution in [2.75, 3.05) is 25.5 Å². The van der Waals surface area contributed by atoms with Gasteiger partial charge >= 0.3 is 0 Å². The summed E-state index contributed by atoms with van der Waals surface area (Å²) in [7, 11) is 1.55. The van der Waals surface area contributed by atoms with Crippen LogP contribution in [-0.2, 0) is 12.1 Å². The maximum atomic E-state index is 14.0. The van der Waals surface area contributed by atoms with E-state index in [9.17, 15) is 18.7 Å². The Balaban J connectivity index is 1.28. The number of fused-ring (bicyclic) bond motifs is 1. The number of nitrogens with zero attached hydrogens (tertiary/aromatic N) is 1. The van der Waals surface area contributed by atoms with Crippen LogP contribution in [0.15, 0.2) is 71.1 Å². The van der Waals surface area contributed by atoms with Gasteiger partial charge in [-0.2, -0.15) is 0 Å². The molecule has 0 bridgehead atoms. The molecule has 1 aliphatic heterocycles. The van der Waals surface area contributed by atoms with Crippen LogP contribution in [-0.4, -0.2) is 36.1 Å². The molecule has 6 nitrogen and oxygen atoms in total. The van der Waals surface area contributed by atoms with E-state index in [1.54, 1.807) is 49.6 Å². The maximum absolute atomic E-state index is 14.0. The van der Waals surface area contributed by atoms with Gasteiger partial charge in [0.05, 0.1) is 12.7 Å². The van der Waals surface area contributed by atoms with Crippen LogP contribution in [0.3, 0.4) is 0 Å². The van der Waals surface area contributed by atoms with Crippen molar-refractivity contribution in [2.45, 2.75) is 25.0 Å². The van der Waals surface area contributed by atoms with E-state index >= 15 is 0 Å². The van der Waals surface area contributed by atoms with E-state index in [4.69, 9.17) is 9.15 Å². The third-order valence-corrected chi connectivity index (χ3v) is 6.73. The molecule has 4 aromatic rings. The van der Waals surface area contributed by atoms with Gasteiger partial charge in [-0.1, -0.05) is 18.2 Å². The second-order valence-corrected chi connectivity index (χ2v) is 9.06. The minimum atomic E-state index is -1.08. The first-order valence-corrected chi connectivity index (χ1v) is 11.7. The second kappa shape index (κ2) is 9.72. The molecule has 0 radical (unpaired) electrons. The van der Waals surface area contributed by atoms with Crippen LogP contribution in [0.5, 0.6) is 5.75 Å². The number of carbonyl (C=O) groups excluding carboxylic acids is 1. The molecule has 0 atom stereocenters. The molecule has 2 N–H and O–H groups in total. The van der Waals surface area contributed by atoms with E-state index in [0.29, 0.717) is 53.9 Å². The molecule has 36 heavy (non-hydrogen) atoms. The summed E-state index contributed by atoms with van der Waals surface area (Å²) in [4.78, 5) is 14.7. The van der Waals surface area contributed by atoms with Gasteiger partial charge in [0, 0.05) is 42.3 Å². The summed E-state index contributed by atoms with van der Waals surface area (Å²) < 4.78 is 39.0. The van der Waals surface area contributed by atoms with Gasteiger partial charge in [0.2, 0.25) is 0 Å². The highest BCUT2D eigenvalue weighted by molar-refractivity contribution is 6.04. The van der Waals surface area contributed by atoms with Crippen molar-refractivity contribution in [3.63, 3.8) is 0 Å². The van der Waals surface area contributed by atoms with E-state index in [0.717, 1.165) is 0 Å². The third-order valence-electron chi connectivity index (χ3n) is 6.73. The van der Waals surface area contributed by atoms with Crippen molar-refractivity contribution in [2.24, 2.45) is 0 Å². The number of hydrogen-bond donors (Lipinski definition) is 2. The predicted octanol–water partition coefficient (Wildman–Crippen LogP) is 5.46. The first-order chi connectivity index (χ1) is 17.3. The fourth-order valence-electron chi connectivity index (χ4n) is 4.61. The minimum absolute atomic E-state index is 0.0440. The van der Waals surface area contributed by atoms with Crippen LogP contribution < -0.4 is 10.1 Å². The highest BCUT2D eigenvalue weighted by Gasteiger charge is 2.34. The summed E-state index contributed by atoms with van der Waals surface area (Å²) >= 11 is 0. The van der Waals surface area contributed by atoms with Crippen molar-refractivity contribution >= 4 is 22.6 Å². The van der Waals surface area contributed by atoms with E-state index in [1.165, 1.54) is 18.2 Å². The topological polar surface area (TPSA) is 74.9 Å². The number of piperidine rings is 1. The van der Waals surface area contributed by atoms with Gasteiger partial charge in [0.1, 0.15) is 23.0 Å². The monoisotopic (exact) mass is 492 g/mol. The Morgan fingerprint density at radius 3 is 2.50 bits per heavy atom. The normalized spacial score (nSPS) is 15.7. The number of carbonyl (C=O) groups is 1. The van der Waals surface area contributed by atoms with Crippen molar-refractivity contribution in [3.8, 4) is 5.75 Å². The summed E-state index contributed by atoms with van der Waals surface area (Å²) in [6.45, 7) is 1.13. The molecular weight excluding hydrogens is 466 g/mol. The lowest BCUT2D eigenvalue weighted by Gasteiger charge is -2.38. The van der Waals surface area contributed by atoms with Crippen LogP contribution in [0.25, 0.3) is 11.0 Å². The Morgan fingerprint density at radius 1 is 1.06 bits per heavy atom. The molecule has 1 aromatic heterocycles. The number of likely N-dealkylation sites (tertiary alicyclic amines) is 1. The summed E-state index contributed by atoms with van der Waals surface area (Å²) in [6.07, 6.45) is 0.825. The van der Waals surface area contributed by atoms with Gasteiger partial charge in [-0.05, 0) is 60.9 Å². The largest absolute Gasteiger partial charge is 0.497 e. The molecule has 186 valence electrons. The van der Waals surface area contributed by atoms with Crippen molar-refractivity contribution in [3.05, 3.63) is 95.3 Å². The maximum Gasteiger partial charge on any atom is 0.291 e. The summed E-state index contributed by atoms with van der Waals surface area (Å²) in [5.41, 5.74) is 0.788. The lowest BCUT2D eigenvalue weighted by atomic mass is 9.84. The van der Waals surface area contributed by atoms with Crippen molar-refractivity contribution in [1.82, 2.24) is 4.90 Å². The first kappa shape index (κ1) is 24.0. The highest BCUT2D eigenvalue weighted by atomic mass is 19.1. The van der Waals surface area contributed by atoms with Crippen molar-refractivity contribution in [1.29, 1.82) is 0 Å². The molecule has 3 aromatic carbocycles. The Hall–Kier alpha value is -3.75. The molecule has 0 unspecified atom stereocenters. The van der Waals surface area contributed by atoms with Crippen LogP contribution in [0.2, 0.25) is 0 Å². The Bertz CT molecular complexity index is 1390. The standard InChI is InChI=1S/C28H26F2N2O4/c1-35-21-5-2-4-20(16-21)31-27(33)26-15-18-14-19(8-9-25(18)36-26)28(34)10-12-32(13-11-28)17-22-23(29)6-3-7-24(22)30/h2-9,14-16,34H,10-13,17H2,1H3,(H,31,33). The first-order valence-electron chi connectivity index (χ1n) is 11.7. The number of benzene rings is 3. The summed E-state index contributed by atoms with van der Waals surface area (Å²) in [6, 6.07) is 17.9. The quantitative estimate of drug-likeness (QED) is 0.374. The zero-order chi connectivity index (χ0) is 25.3. The van der Waals surface area contributed by atoms with E-state index in [1.807, 2.05) is 11.0 Å². The van der Waals surface area contributed by atoms with Crippen LogP contribution in [0, 0.1) is 11.6 Å². The molecule has 1 fully saturated rings. The smallest absolute Gasteiger partial charge is 0.291 e. The number of furan rings is 1. The van der Waals surface area contributed by atoms with Crippen LogP contribution in [0.4, 0.5) is 14.5 Å². The Labute approximate surface area is 207 Å². The highest BCUT2D eigenvalue weighted by Crippen LogP contribution is 2.36. The molecule has 8 heteroatoms. The number of anilines is 1. The minimum Gasteiger partial charge on any atom is -0.497 e. The Kier molecular flexibility index (Phi) is 6.47. The lowest BCUT2D eigenvalue weighted by Crippen LogP contribution is -2.42. The summed E-state index contributed by atoms with van der Waals surface area (Å²) in [5.74, 6) is -0.743. The Morgan fingerprint density at radius 2 is 1.78 bits per heavy atom. The number of aliphatic hydroxyl groups is 1. The number of hydrogen-bond acceptors (Lipinski definition) is 5. The second-order valence-electron chi connectivity index (χ2n) is 9.06.